The van der Waals surface area contributed by atoms with E-state index in [1.807, 2.05) is 0 Å². The minimum absolute atomic E-state index is 0.127. The second-order valence-corrected chi connectivity index (χ2v) is 4.02. The van der Waals surface area contributed by atoms with E-state index in [1.165, 1.54) is 18.3 Å². The van der Waals surface area contributed by atoms with Crippen molar-refractivity contribution in [2.24, 2.45) is 0 Å². The van der Waals surface area contributed by atoms with Crippen LogP contribution >= 0.6 is 0 Å². The number of nitrogens with one attached hydrogen (secondary N) is 1. The van der Waals surface area contributed by atoms with E-state index in [2.05, 4.69) is 10.3 Å². The maximum atomic E-state index is 12.0. The molecule has 0 aliphatic rings. The normalized spacial score (nSPS) is 10.2. The third-order valence-electron chi connectivity index (χ3n) is 2.52. The van der Waals surface area contributed by atoms with Crippen molar-refractivity contribution in [3.8, 4) is 0 Å². The van der Waals surface area contributed by atoms with E-state index in [-0.39, 0.29) is 11.6 Å². The van der Waals surface area contributed by atoms with Crippen LogP contribution in [0.4, 0.5) is 5.69 Å². The lowest BCUT2D eigenvalue weighted by Gasteiger charge is -2.04. The van der Waals surface area contributed by atoms with E-state index in [0.29, 0.717) is 22.8 Å². The molecule has 0 saturated carbocycles. The van der Waals surface area contributed by atoms with E-state index in [1.54, 1.807) is 19.9 Å². The van der Waals surface area contributed by atoms with E-state index >= 15 is 0 Å². The molecule has 0 spiro atoms. The number of nitrogens with zero attached hydrogens (tertiary/aromatic N) is 1. The van der Waals surface area contributed by atoms with Crippen molar-refractivity contribution < 1.29 is 19.1 Å². The number of carbonyl (C=O) groups is 2. The molecule has 2 rings (SSSR count). The van der Waals surface area contributed by atoms with Gasteiger partial charge >= 0.3 is 5.97 Å². The Morgan fingerprint density at radius 3 is 2.63 bits per heavy atom. The lowest BCUT2D eigenvalue weighted by Crippen LogP contribution is -2.13. The molecule has 0 unspecified atom stereocenters. The summed E-state index contributed by atoms with van der Waals surface area (Å²) >= 11 is 0. The van der Waals surface area contributed by atoms with Crippen LogP contribution in [0.3, 0.4) is 0 Å². The molecule has 0 radical (unpaired) electrons. The smallest absolute Gasteiger partial charge is 0.354 e. The lowest BCUT2D eigenvalue weighted by atomic mass is 10.2. The SMILES string of the molecule is Cc1cc(C(=O)Nc2ccnc(C(=O)O)c2)c(C)o1. The average molecular weight is 260 g/mol. The molecule has 19 heavy (non-hydrogen) atoms. The van der Waals surface area contributed by atoms with Crippen molar-refractivity contribution in [1.82, 2.24) is 4.98 Å². The Hall–Kier alpha value is -2.63. The number of anilines is 1. The van der Waals surface area contributed by atoms with Gasteiger partial charge in [0.2, 0.25) is 0 Å². The average Bonchev–Trinajstić information content (AvgIpc) is 2.69. The molecular formula is C13H12N2O4. The van der Waals surface area contributed by atoms with Gasteiger partial charge in [0, 0.05) is 11.9 Å². The molecule has 0 aliphatic heterocycles. The maximum Gasteiger partial charge on any atom is 0.354 e. The fraction of sp³-hybridized carbons (Fsp3) is 0.154. The highest BCUT2D eigenvalue weighted by molar-refractivity contribution is 6.05. The number of furan rings is 1. The van der Waals surface area contributed by atoms with E-state index in [0.717, 1.165) is 0 Å². The molecule has 0 aromatic carbocycles. The molecule has 2 N–H and O–H groups in total. The van der Waals surface area contributed by atoms with Crippen molar-refractivity contribution in [3.63, 3.8) is 0 Å². The van der Waals surface area contributed by atoms with Gasteiger partial charge in [-0.15, -0.1) is 0 Å². The first-order valence-electron chi connectivity index (χ1n) is 5.55. The van der Waals surface area contributed by atoms with Crippen molar-refractivity contribution in [3.05, 3.63) is 47.2 Å². The third kappa shape index (κ3) is 2.79. The molecular weight excluding hydrogens is 248 g/mol. The van der Waals surface area contributed by atoms with Gasteiger partial charge in [-0.3, -0.25) is 4.79 Å². The second-order valence-electron chi connectivity index (χ2n) is 4.02. The molecule has 2 aromatic heterocycles. The van der Waals surface area contributed by atoms with E-state index in [4.69, 9.17) is 9.52 Å². The standard InChI is InChI=1S/C13H12N2O4/c1-7-5-10(8(2)19-7)12(16)15-9-3-4-14-11(6-9)13(17)18/h3-6H,1-2H3,(H,17,18)(H,14,15,16). The largest absolute Gasteiger partial charge is 0.477 e. The number of hydrogen-bond donors (Lipinski definition) is 2. The fourth-order valence-electron chi connectivity index (χ4n) is 1.68. The van der Waals surface area contributed by atoms with Gasteiger partial charge in [-0.05, 0) is 32.0 Å². The Bertz CT molecular complexity index is 646. The number of rotatable bonds is 3. The van der Waals surface area contributed by atoms with Gasteiger partial charge in [0.1, 0.15) is 17.2 Å². The monoisotopic (exact) mass is 260 g/mol. The fourth-order valence-corrected chi connectivity index (χ4v) is 1.68. The van der Waals surface area contributed by atoms with Gasteiger partial charge in [0.05, 0.1) is 5.56 Å². The number of carboxylic acids is 1. The summed E-state index contributed by atoms with van der Waals surface area (Å²) in [5.74, 6) is -0.338. The number of aromatic nitrogens is 1. The molecule has 98 valence electrons. The molecule has 0 saturated heterocycles. The first-order chi connectivity index (χ1) is 8.97. The lowest BCUT2D eigenvalue weighted by molar-refractivity contribution is 0.0690. The first-order valence-corrected chi connectivity index (χ1v) is 5.55. The quantitative estimate of drug-likeness (QED) is 0.882. The molecule has 0 fully saturated rings. The number of aromatic carboxylic acids is 1. The number of pyridine rings is 1. The van der Waals surface area contributed by atoms with Gasteiger partial charge in [-0.2, -0.15) is 0 Å². The third-order valence-corrected chi connectivity index (χ3v) is 2.52. The van der Waals surface area contributed by atoms with Crippen LogP contribution < -0.4 is 5.32 Å². The number of carbonyl (C=O) groups excluding carboxylic acids is 1. The zero-order valence-corrected chi connectivity index (χ0v) is 10.4. The van der Waals surface area contributed by atoms with Gasteiger partial charge < -0.3 is 14.8 Å². The molecule has 2 heterocycles. The minimum Gasteiger partial charge on any atom is -0.477 e. The Kier molecular flexibility index (Phi) is 3.33. The second kappa shape index (κ2) is 4.93. The predicted molar refractivity (Wildman–Crippen MR) is 67.3 cm³/mol. The number of amides is 1. The van der Waals surface area contributed by atoms with E-state index in [9.17, 15) is 9.59 Å². The highest BCUT2D eigenvalue weighted by atomic mass is 16.4. The van der Waals surface area contributed by atoms with Crippen LogP contribution in [-0.4, -0.2) is 22.0 Å². The topological polar surface area (TPSA) is 92.4 Å². The Morgan fingerprint density at radius 1 is 1.32 bits per heavy atom. The van der Waals surface area contributed by atoms with Gasteiger partial charge in [-0.1, -0.05) is 0 Å². The molecule has 0 atom stereocenters. The van der Waals surface area contributed by atoms with E-state index < -0.39 is 5.97 Å². The Balaban J connectivity index is 2.21. The van der Waals surface area contributed by atoms with Crippen LogP contribution in [0.1, 0.15) is 32.4 Å². The van der Waals surface area contributed by atoms with Gasteiger partial charge in [0.15, 0.2) is 0 Å². The summed E-state index contributed by atoms with van der Waals surface area (Å²) < 4.78 is 5.27. The van der Waals surface area contributed by atoms with Gasteiger partial charge in [-0.25, -0.2) is 9.78 Å². The summed E-state index contributed by atoms with van der Waals surface area (Å²) in [6, 6.07) is 4.44. The molecule has 2 aromatic rings. The van der Waals surface area contributed by atoms with Crippen molar-refractivity contribution in [2.45, 2.75) is 13.8 Å². The van der Waals surface area contributed by atoms with Gasteiger partial charge in [0.25, 0.3) is 5.91 Å². The van der Waals surface area contributed by atoms with Crippen LogP contribution in [0.2, 0.25) is 0 Å². The highest BCUT2D eigenvalue weighted by Crippen LogP contribution is 2.16. The van der Waals surface area contributed by atoms with Crippen LogP contribution in [0.5, 0.6) is 0 Å². The predicted octanol–water partition coefficient (Wildman–Crippen LogP) is 2.24. The number of aryl methyl sites for hydroxylation is 2. The summed E-state index contributed by atoms with van der Waals surface area (Å²) in [5, 5.41) is 11.4. The van der Waals surface area contributed by atoms with Crippen LogP contribution in [0, 0.1) is 13.8 Å². The molecule has 0 aliphatic carbocycles. The van der Waals surface area contributed by atoms with Crippen molar-refractivity contribution in [1.29, 1.82) is 0 Å². The molecule has 1 amide bonds. The molecule has 6 heteroatoms. The Morgan fingerprint density at radius 2 is 2.05 bits per heavy atom. The Labute approximate surface area is 109 Å². The maximum absolute atomic E-state index is 12.0. The van der Waals surface area contributed by atoms with Crippen LogP contribution in [-0.2, 0) is 0 Å². The minimum atomic E-state index is -1.15. The summed E-state index contributed by atoms with van der Waals surface area (Å²) in [7, 11) is 0. The van der Waals surface area contributed by atoms with Crippen LogP contribution in [0.15, 0.2) is 28.8 Å². The zero-order valence-electron chi connectivity index (χ0n) is 10.4. The molecule has 0 bridgehead atoms. The number of carboxylic acid groups (broad SMARTS) is 1. The highest BCUT2D eigenvalue weighted by Gasteiger charge is 2.14. The number of hydrogen-bond acceptors (Lipinski definition) is 4. The summed E-state index contributed by atoms with van der Waals surface area (Å²) in [6.07, 6.45) is 1.33. The summed E-state index contributed by atoms with van der Waals surface area (Å²) in [5.41, 5.74) is 0.666. The van der Waals surface area contributed by atoms with Crippen molar-refractivity contribution in [2.75, 3.05) is 5.32 Å². The zero-order chi connectivity index (χ0) is 14.0. The molecule has 6 nitrogen and oxygen atoms in total. The summed E-state index contributed by atoms with van der Waals surface area (Å²) in [6.45, 7) is 3.44. The first kappa shape index (κ1) is 12.8. The van der Waals surface area contributed by atoms with Crippen LogP contribution in [0.25, 0.3) is 0 Å². The van der Waals surface area contributed by atoms with Crippen molar-refractivity contribution >= 4 is 17.6 Å². The summed E-state index contributed by atoms with van der Waals surface area (Å²) in [4.78, 5) is 26.4.